The zero-order chi connectivity index (χ0) is 21.6. The standard InChI is InChI=1S/C26H41NO3/c1-15(2)27(16(3)4)23(29)20-8-7-18-17-9-14-26-22(30-26)21(28)11-13-25(26,6)19(17)10-12-24(18,20)5/h15-20,22H,7-14H2,1-6H3/t17-,18-,19+,20?,22?,24-,25+,26?/m0/s1. The quantitative estimate of drug-likeness (QED) is 0.610. The summed E-state index contributed by atoms with van der Waals surface area (Å²) in [5.41, 5.74) is 0.145. The Morgan fingerprint density at radius 2 is 1.67 bits per heavy atom. The number of carbonyl (C=O) groups excluding carboxylic acids is 2. The lowest BCUT2D eigenvalue weighted by Gasteiger charge is -2.59. The lowest BCUT2D eigenvalue weighted by molar-refractivity contribution is -0.150. The van der Waals surface area contributed by atoms with Gasteiger partial charge in [-0.1, -0.05) is 13.8 Å². The Labute approximate surface area is 182 Å². The molecule has 5 aliphatic rings. The first kappa shape index (κ1) is 21.0. The van der Waals surface area contributed by atoms with Crippen molar-refractivity contribution in [1.29, 1.82) is 0 Å². The molecule has 0 aromatic heterocycles. The first-order valence-electron chi connectivity index (χ1n) is 12.6. The van der Waals surface area contributed by atoms with Crippen molar-refractivity contribution in [3.63, 3.8) is 0 Å². The van der Waals surface area contributed by atoms with E-state index in [-0.39, 0.29) is 40.5 Å². The van der Waals surface area contributed by atoms with E-state index in [2.05, 4.69) is 46.4 Å². The zero-order valence-electron chi connectivity index (χ0n) is 19.9. The first-order chi connectivity index (χ1) is 14.1. The summed E-state index contributed by atoms with van der Waals surface area (Å²) < 4.78 is 6.20. The van der Waals surface area contributed by atoms with Gasteiger partial charge in [-0.15, -0.1) is 0 Å². The van der Waals surface area contributed by atoms with Crippen LogP contribution in [0.5, 0.6) is 0 Å². The highest BCUT2D eigenvalue weighted by Gasteiger charge is 2.76. The van der Waals surface area contributed by atoms with Gasteiger partial charge in [0.05, 0.1) is 0 Å². The number of ketones is 1. The van der Waals surface area contributed by atoms with Gasteiger partial charge >= 0.3 is 0 Å². The third kappa shape index (κ3) is 2.49. The molecule has 1 spiro atoms. The van der Waals surface area contributed by atoms with Crippen LogP contribution >= 0.6 is 0 Å². The fourth-order valence-electron chi connectivity index (χ4n) is 9.19. The molecule has 0 aromatic carbocycles. The first-order valence-corrected chi connectivity index (χ1v) is 12.6. The van der Waals surface area contributed by atoms with Gasteiger partial charge in [-0.25, -0.2) is 0 Å². The zero-order valence-corrected chi connectivity index (χ0v) is 19.9. The van der Waals surface area contributed by atoms with E-state index in [0.29, 0.717) is 35.9 Å². The Kier molecular flexibility index (Phi) is 4.58. The van der Waals surface area contributed by atoms with Gasteiger partial charge in [-0.3, -0.25) is 9.59 Å². The van der Waals surface area contributed by atoms with E-state index >= 15 is 0 Å². The molecule has 0 radical (unpaired) electrons. The number of Topliss-reactive ketones (excluding diaryl/α,β-unsaturated/α-hetero) is 1. The lowest BCUT2D eigenvalue weighted by atomic mass is 9.44. The summed E-state index contributed by atoms with van der Waals surface area (Å²) in [5, 5.41) is 0. The molecule has 1 saturated heterocycles. The number of fused-ring (bicyclic) bond motifs is 4. The summed E-state index contributed by atoms with van der Waals surface area (Å²) >= 11 is 0. The number of nitrogens with zero attached hydrogens (tertiary/aromatic N) is 1. The Morgan fingerprint density at radius 3 is 2.33 bits per heavy atom. The maximum absolute atomic E-state index is 13.7. The van der Waals surface area contributed by atoms with Crippen molar-refractivity contribution in [3.8, 4) is 0 Å². The number of hydrogen-bond donors (Lipinski definition) is 0. The van der Waals surface area contributed by atoms with Gasteiger partial charge in [0.25, 0.3) is 0 Å². The van der Waals surface area contributed by atoms with Crippen molar-refractivity contribution in [2.24, 2.45) is 34.5 Å². The van der Waals surface area contributed by atoms with Gasteiger partial charge in [-0.05, 0) is 95.8 Å². The van der Waals surface area contributed by atoms with Crippen molar-refractivity contribution >= 4 is 11.7 Å². The molecule has 1 heterocycles. The third-order valence-corrected chi connectivity index (χ3v) is 10.6. The van der Waals surface area contributed by atoms with E-state index in [0.717, 1.165) is 25.7 Å². The Morgan fingerprint density at radius 1 is 0.967 bits per heavy atom. The maximum Gasteiger partial charge on any atom is 0.226 e. The van der Waals surface area contributed by atoms with Gasteiger partial charge < -0.3 is 9.64 Å². The summed E-state index contributed by atoms with van der Waals surface area (Å²) in [7, 11) is 0. The smallest absolute Gasteiger partial charge is 0.226 e. The molecule has 8 atom stereocenters. The van der Waals surface area contributed by atoms with Crippen LogP contribution in [0.25, 0.3) is 0 Å². The number of ether oxygens (including phenoxy) is 1. The number of hydrogen-bond acceptors (Lipinski definition) is 3. The van der Waals surface area contributed by atoms with E-state index in [4.69, 9.17) is 4.74 Å². The summed E-state index contributed by atoms with van der Waals surface area (Å²) in [4.78, 5) is 28.2. The molecule has 5 fully saturated rings. The molecule has 1 amide bonds. The van der Waals surface area contributed by atoms with Crippen molar-refractivity contribution in [2.75, 3.05) is 0 Å². The number of rotatable bonds is 3. The summed E-state index contributed by atoms with van der Waals surface area (Å²) in [5.74, 6) is 2.92. The fraction of sp³-hybridized carbons (Fsp3) is 0.923. The van der Waals surface area contributed by atoms with Gasteiger partial charge in [0.15, 0.2) is 5.78 Å². The Bertz CT molecular complexity index is 753. The second-order valence-corrected chi connectivity index (χ2v) is 12.3. The molecule has 30 heavy (non-hydrogen) atoms. The SMILES string of the molecule is CC(C)N(C(=O)C1CC[C@H]2[C@@H]3CCC45OC4C(=O)CC[C@]5(C)[C@@H]3CC[C@]12C)C(C)C. The molecular weight excluding hydrogens is 374 g/mol. The van der Waals surface area contributed by atoms with Gasteiger partial charge in [0.1, 0.15) is 11.7 Å². The van der Waals surface area contributed by atoms with E-state index in [1.165, 1.54) is 19.3 Å². The average molecular weight is 416 g/mol. The van der Waals surface area contributed by atoms with E-state index in [9.17, 15) is 9.59 Å². The third-order valence-electron chi connectivity index (χ3n) is 10.6. The predicted molar refractivity (Wildman–Crippen MR) is 117 cm³/mol. The van der Waals surface area contributed by atoms with Crippen LogP contribution < -0.4 is 0 Å². The second kappa shape index (κ2) is 6.56. The molecule has 0 N–H and O–H groups in total. The molecule has 5 rings (SSSR count). The minimum absolute atomic E-state index is 0.103. The molecule has 3 unspecified atom stereocenters. The van der Waals surface area contributed by atoms with Crippen molar-refractivity contribution in [1.82, 2.24) is 4.90 Å². The van der Waals surface area contributed by atoms with Gasteiger partial charge in [-0.2, -0.15) is 0 Å². The van der Waals surface area contributed by atoms with Crippen LogP contribution in [-0.2, 0) is 14.3 Å². The van der Waals surface area contributed by atoms with Crippen molar-refractivity contribution in [3.05, 3.63) is 0 Å². The van der Waals surface area contributed by atoms with E-state index < -0.39 is 0 Å². The molecule has 0 bridgehead atoms. The summed E-state index contributed by atoms with van der Waals surface area (Å²) in [6, 6.07) is 0.516. The molecule has 1 aliphatic heterocycles. The molecule has 4 aliphatic carbocycles. The van der Waals surface area contributed by atoms with Crippen LogP contribution in [0.4, 0.5) is 0 Å². The van der Waals surface area contributed by atoms with Crippen LogP contribution in [0.1, 0.15) is 92.9 Å². The fourth-order valence-corrected chi connectivity index (χ4v) is 9.19. The second-order valence-electron chi connectivity index (χ2n) is 12.3. The Hall–Kier alpha value is -0.900. The highest BCUT2D eigenvalue weighted by atomic mass is 16.6. The van der Waals surface area contributed by atoms with Gasteiger partial charge in [0, 0.05) is 29.8 Å². The molecule has 4 saturated carbocycles. The van der Waals surface area contributed by atoms with Crippen LogP contribution in [0.15, 0.2) is 0 Å². The number of carbonyl (C=O) groups is 2. The molecule has 4 heteroatoms. The maximum atomic E-state index is 13.7. The molecule has 4 nitrogen and oxygen atoms in total. The van der Waals surface area contributed by atoms with Crippen LogP contribution in [0.2, 0.25) is 0 Å². The molecular formula is C26H41NO3. The highest BCUT2D eigenvalue weighted by Crippen LogP contribution is 2.72. The monoisotopic (exact) mass is 415 g/mol. The average Bonchev–Trinajstić information content (AvgIpc) is 3.31. The minimum atomic E-state index is -0.142. The van der Waals surface area contributed by atoms with Crippen LogP contribution in [0, 0.1) is 34.5 Å². The van der Waals surface area contributed by atoms with E-state index in [1.54, 1.807) is 0 Å². The van der Waals surface area contributed by atoms with Crippen LogP contribution in [0.3, 0.4) is 0 Å². The normalized spacial score (nSPS) is 49.3. The minimum Gasteiger partial charge on any atom is -0.357 e. The molecule has 168 valence electrons. The lowest BCUT2D eigenvalue weighted by Crippen LogP contribution is -2.58. The highest BCUT2D eigenvalue weighted by molar-refractivity contribution is 5.88. The summed E-state index contributed by atoms with van der Waals surface area (Å²) in [6.07, 6.45) is 8.45. The van der Waals surface area contributed by atoms with Crippen molar-refractivity contribution in [2.45, 2.75) is 117 Å². The van der Waals surface area contributed by atoms with Gasteiger partial charge in [0.2, 0.25) is 5.91 Å². The van der Waals surface area contributed by atoms with Crippen LogP contribution in [-0.4, -0.2) is 40.4 Å². The predicted octanol–water partition coefficient (Wildman–Crippen LogP) is 4.99. The number of epoxide rings is 1. The Balaban J connectivity index is 1.41. The topological polar surface area (TPSA) is 49.9 Å². The van der Waals surface area contributed by atoms with E-state index in [1.807, 2.05) is 0 Å². The van der Waals surface area contributed by atoms with Crippen molar-refractivity contribution < 1.29 is 14.3 Å². The summed E-state index contributed by atoms with van der Waals surface area (Å²) in [6.45, 7) is 13.5. The largest absolute Gasteiger partial charge is 0.357 e. The number of amides is 1. The molecule has 0 aromatic rings.